The molecule has 0 aliphatic carbocycles. The lowest BCUT2D eigenvalue weighted by atomic mass is 9.99. The van der Waals surface area contributed by atoms with Gasteiger partial charge in [-0.25, -0.2) is 9.18 Å². The van der Waals surface area contributed by atoms with Gasteiger partial charge in [0, 0.05) is 17.6 Å². The van der Waals surface area contributed by atoms with Gasteiger partial charge in [0.2, 0.25) is 0 Å². The van der Waals surface area contributed by atoms with E-state index in [2.05, 4.69) is 21.2 Å². The summed E-state index contributed by atoms with van der Waals surface area (Å²) in [6, 6.07) is 3.77. The molecule has 0 saturated carbocycles. The molecule has 2 N–H and O–H groups in total. The van der Waals surface area contributed by atoms with Gasteiger partial charge in [0.25, 0.3) is 0 Å². The van der Waals surface area contributed by atoms with Crippen LogP contribution < -0.4 is 5.32 Å². The number of nitrogens with one attached hydrogen (secondary N) is 1. The van der Waals surface area contributed by atoms with Crippen LogP contribution in [-0.2, 0) is 4.79 Å². The van der Waals surface area contributed by atoms with E-state index in [-0.39, 0.29) is 12.2 Å². The van der Waals surface area contributed by atoms with Crippen molar-refractivity contribution in [1.29, 1.82) is 0 Å². The third-order valence-corrected chi connectivity index (χ3v) is 3.72. The molecular weight excluding hydrogens is 331 g/mol. The van der Waals surface area contributed by atoms with Gasteiger partial charge in [-0.1, -0.05) is 15.9 Å². The minimum atomic E-state index is -0.906. The highest BCUT2D eigenvalue weighted by atomic mass is 79.9. The number of carbonyl (C=O) groups excluding carboxylic acids is 1. The summed E-state index contributed by atoms with van der Waals surface area (Å²) >= 11 is 3.20. The number of urea groups is 1. The monoisotopic (exact) mass is 344 g/mol. The first kappa shape index (κ1) is 14.8. The third-order valence-electron chi connectivity index (χ3n) is 3.23. The molecule has 20 heavy (non-hydrogen) atoms. The number of carbonyl (C=O) groups is 2. The summed E-state index contributed by atoms with van der Waals surface area (Å²) in [4.78, 5) is 24.4. The first-order valence-electron chi connectivity index (χ1n) is 6.21. The van der Waals surface area contributed by atoms with Crippen molar-refractivity contribution in [3.05, 3.63) is 28.5 Å². The first-order valence-corrected chi connectivity index (χ1v) is 7.00. The van der Waals surface area contributed by atoms with Crippen LogP contribution in [0.3, 0.4) is 0 Å². The number of aliphatic carboxylic acids is 1. The Labute approximate surface area is 123 Å². The zero-order chi connectivity index (χ0) is 14.7. The van der Waals surface area contributed by atoms with Crippen molar-refractivity contribution in [2.24, 2.45) is 5.92 Å². The van der Waals surface area contributed by atoms with Gasteiger partial charge >= 0.3 is 12.0 Å². The van der Waals surface area contributed by atoms with E-state index in [1.165, 1.54) is 23.1 Å². The van der Waals surface area contributed by atoms with Crippen molar-refractivity contribution in [2.75, 3.05) is 18.4 Å². The SMILES string of the molecule is O=C(O)[C@H]1CCCN(C(=O)Nc2cc(Br)ccc2F)C1. The number of benzene rings is 1. The maximum Gasteiger partial charge on any atom is 0.321 e. The molecule has 0 unspecified atom stereocenters. The molecule has 1 aliphatic rings. The van der Waals surface area contributed by atoms with Gasteiger partial charge in [0.15, 0.2) is 0 Å². The molecule has 1 aromatic rings. The number of likely N-dealkylation sites (tertiary alicyclic amines) is 1. The molecule has 0 radical (unpaired) electrons. The molecule has 0 spiro atoms. The molecule has 1 aliphatic heterocycles. The van der Waals surface area contributed by atoms with Crippen molar-refractivity contribution >= 4 is 33.6 Å². The number of rotatable bonds is 2. The van der Waals surface area contributed by atoms with Crippen LogP contribution in [-0.4, -0.2) is 35.1 Å². The van der Waals surface area contributed by atoms with E-state index in [1.807, 2.05) is 0 Å². The van der Waals surface area contributed by atoms with Crippen LogP contribution in [0.1, 0.15) is 12.8 Å². The second-order valence-electron chi connectivity index (χ2n) is 4.68. The Hall–Kier alpha value is -1.63. The molecule has 0 bridgehead atoms. The van der Waals surface area contributed by atoms with Gasteiger partial charge in [-0.2, -0.15) is 0 Å². The molecule has 108 valence electrons. The Bertz CT molecular complexity index is 538. The maximum atomic E-state index is 13.6. The van der Waals surface area contributed by atoms with E-state index >= 15 is 0 Å². The molecule has 7 heteroatoms. The predicted molar refractivity (Wildman–Crippen MR) is 75.1 cm³/mol. The van der Waals surface area contributed by atoms with Crippen molar-refractivity contribution in [1.82, 2.24) is 4.90 Å². The number of carboxylic acids is 1. The fourth-order valence-electron chi connectivity index (χ4n) is 2.15. The second kappa shape index (κ2) is 6.21. The third kappa shape index (κ3) is 3.47. The molecule has 0 aromatic heterocycles. The number of anilines is 1. The van der Waals surface area contributed by atoms with Crippen molar-refractivity contribution < 1.29 is 19.1 Å². The highest BCUT2D eigenvalue weighted by Crippen LogP contribution is 2.22. The molecule has 1 heterocycles. The summed E-state index contributed by atoms with van der Waals surface area (Å²) in [6.45, 7) is 0.627. The first-order chi connectivity index (χ1) is 9.47. The number of hydrogen-bond acceptors (Lipinski definition) is 2. The van der Waals surface area contributed by atoms with Crippen LogP contribution in [0, 0.1) is 11.7 Å². The Morgan fingerprint density at radius 2 is 2.20 bits per heavy atom. The fourth-order valence-corrected chi connectivity index (χ4v) is 2.51. The van der Waals surface area contributed by atoms with E-state index in [4.69, 9.17) is 5.11 Å². The highest BCUT2D eigenvalue weighted by molar-refractivity contribution is 9.10. The lowest BCUT2D eigenvalue weighted by Crippen LogP contribution is -2.44. The average Bonchev–Trinajstić information content (AvgIpc) is 2.43. The smallest absolute Gasteiger partial charge is 0.321 e. The molecule has 5 nitrogen and oxygen atoms in total. The predicted octanol–water partition coefficient (Wildman–Crippen LogP) is 2.92. The van der Waals surface area contributed by atoms with Crippen molar-refractivity contribution in [3.8, 4) is 0 Å². The summed E-state index contributed by atoms with van der Waals surface area (Å²) in [5.74, 6) is -1.99. The van der Waals surface area contributed by atoms with Gasteiger partial charge in [0.1, 0.15) is 5.82 Å². The standard InChI is InChI=1S/C13H14BrFN2O3/c14-9-3-4-10(15)11(6-9)16-13(20)17-5-1-2-8(7-17)12(18)19/h3-4,6,8H,1-2,5,7H2,(H,16,20)(H,18,19)/t8-/m0/s1. The highest BCUT2D eigenvalue weighted by Gasteiger charge is 2.28. The molecule has 1 fully saturated rings. The number of amides is 2. The summed E-state index contributed by atoms with van der Waals surface area (Å²) in [5.41, 5.74) is 0.0711. The van der Waals surface area contributed by atoms with Gasteiger partial charge < -0.3 is 15.3 Å². The quantitative estimate of drug-likeness (QED) is 0.866. The zero-order valence-corrected chi connectivity index (χ0v) is 12.2. The summed E-state index contributed by atoms with van der Waals surface area (Å²) in [5, 5.41) is 11.5. The normalized spacial score (nSPS) is 18.7. The van der Waals surface area contributed by atoms with E-state index in [9.17, 15) is 14.0 Å². The Balaban J connectivity index is 2.04. The Morgan fingerprint density at radius 3 is 2.90 bits per heavy atom. The number of nitrogens with zero attached hydrogens (tertiary/aromatic N) is 1. The largest absolute Gasteiger partial charge is 0.481 e. The van der Waals surface area contributed by atoms with E-state index in [0.717, 1.165) is 0 Å². The second-order valence-corrected chi connectivity index (χ2v) is 5.59. The number of carboxylic acid groups (broad SMARTS) is 1. The molecule has 1 aromatic carbocycles. The van der Waals surface area contributed by atoms with Crippen LogP contribution >= 0.6 is 15.9 Å². The van der Waals surface area contributed by atoms with E-state index < -0.39 is 23.7 Å². The molecule has 1 saturated heterocycles. The van der Waals surface area contributed by atoms with Crippen LogP contribution in [0.4, 0.5) is 14.9 Å². The Morgan fingerprint density at radius 1 is 1.45 bits per heavy atom. The van der Waals surface area contributed by atoms with Crippen molar-refractivity contribution in [2.45, 2.75) is 12.8 Å². The van der Waals surface area contributed by atoms with Gasteiger partial charge in [-0.15, -0.1) is 0 Å². The maximum absolute atomic E-state index is 13.6. The molecule has 2 amide bonds. The molecule has 1 atom stereocenters. The van der Waals surface area contributed by atoms with Crippen molar-refractivity contribution in [3.63, 3.8) is 0 Å². The van der Waals surface area contributed by atoms with Crippen LogP contribution in [0.15, 0.2) is 22.7 Å². The Kier molecular flexibility index (Phi) is 4.59. The zero-order valence-electron chi connectivity index (χ0n) is 10.6. The summed E-state index contributed by atoms with van der Waals surface area (Å²) in [7, 11) is 0. The number of hydrogen-bond donors (Lipinski definition) is 2. The minimum absolute atomic E-state index is 0.0711. The minimum Gasteiger partial charge on any atom is -0.481 e. The topological polar surface area (TPSA) is 69.6 Å². The van der Waals surface area contributed by atoms with Gasteiger partial charge in [-0.05, 0) is 31.0 Å². The van der Waals surface area contributed by atoms with E-state index in [0.29, 0.717) is 23.9 Å². The van der Waals surface area contributed by atoms with Crippen LogP contribution in [0.25, 0.3) is 0 Å². The van der Waals surface area contributed by atoms with Gasteiger partial charge in [0.05, 0.1) is 11.6 Å². The number of halogens is 2. The average molecular weight is 345 g/mol. The summed E-state index contributed by atoms with van der Waals surface area (Å²) in [6.07, 6.45) is 1.19. The molecule has 2 rings (SSSR count). The van der Waals surface area contributed by atoms with Crippen LogP contribution in [0.5, 0.6) is 0 Å². The lowest BCUT2D eigenvalue weighted by molar-refractivity contribution is -0.143. The number of piperidine rings is 1. The molecular formula is C13H14BrFN2O3. The fraction of sp³-hybridized carbons (Fsp3) is 0.385. The van der Waals surface area contributed by atoms with E-state index in [1.54, 1.807) is 0 Å². The van der Waals surface area contributed by atoms with Gasteiger partial charge in [-0.3, -0.25) is 4.79 Å². The summed E-state index contributed by atoms with van der Waals surface area (Å²) < 4.78 is 14.2. The lowest BCUT2D eigenvalue weighted by Gasteiger charge is -2.30. The van der Waals surface area contributed by atoms with Crippen LogP contribution in [0.2, 0.25) is 0 Å².